The zero-order chi connectivity index (χ0) is 62.0. The summed E-state index contributed by atoms with van der Waals surface area (Å²) in [4.78, 5) is 80.0. The van der Waals surface area contributed by atoms with Crippen LogP contribution in [0.2, 0.25) is 0 Å². The van der Waals surface area contributed by atoms with Crippen LogP contribution < -0.4 is 18.9 Å². The minimum absolute atomic E-state index is 0.0130. The second kappa shape index (κ2) is 26.9. The SMILES string of the molecule is CCCCCC(Oc1ccc(COC(=O)C(=O)OCc2ccc(OC(CCCCC)Oc3ccc(COC(=O)C(=O)C45CC6CC(CC(C6)C4)C5)cc3)cc2C23CC4CC(CC(C4)C2)C3)cc1)Oc1ccc(COC(=O)C(=O)C23CC4CC(CC(C4)C2)C3)cc1. The Kier molecular flexibility index (Phi) is 18.5. The molecule has 0 heterocycles. The molecule has 0 N–H and O–H groups in total. The number of hydrogen-bond acceptors (Lipinski definition) is 14. The van der Waals surface area contributed by atoms with E-state index < -0.39 is 47.3 Å². The molecule has 16 rings (SSSR count). The quantitative estimate of drug-likeness (QED) is 0.0165. The molecule has 12 aliphatic carbocycles. The Morgan fingerprint density at radius 3 is 1.01 bits per heavy atom. The zero-order valence-electron chi connectivity index (χ0n) is 52.9. The van der Waals surface area contributed by atoms with Gasteiger partial charge in [0.05, 0.1) is 0 Å². The van der Waals surface area contributed by atoms with Crippen molar-refractivity contribution in [3.8, 4) is 23.0 Å². The molecule has 90 heavy (non-hydrogen) atoms. The maximum atomic E-state index is 13.6. The second-order valence-corrected chi connectivity index (χ2v) is 29.6. The number of Topliss-reactive ketones (excluding diaryl/α,β-unsaturated/α-hetero) is 2. The van der Waals surface area contributed by atoms with Crippen molar-refractivity contribution >= 4 is 35.4 Å². The molecule has 12 aliphatic rings. The minimum atomic E-state index is -1.07. The average Bonchev–Trinajstić information content (AvgIpc) is 0.755. The van der Waals surface area contributed by atoms with Crippen molar-refractivity contribution in [1.29, 1.82) is 0 Å². The summed E-state index contributed by atoms with van der Waals surface area (Å²) in [6.07, 6.45) is 25.2. The monoisotopic (exact) mass is 1230 g/mol. The number of ketones is 2. The van der Waals surface area contributed by atoms with Crippen molar-refractivity contribution in [1.82, 2.24) is 0 Å². The van der Waals surface area contributed by atoms with E-state index in [-0.39, 0.29) is 43.4 Å². The zero-order valence-corrected chi connectivity index (χ0v) is 52.9. The third kappa shape index (κ3) is 14.0. The van der Waals surface area contributed by atoms with Gasteiger partial charge in [-0.3, -0.25) is 9.59 Å². The Labute approximate surface area is 530 Å². The van der Waals surface area contributed by atoms with Crippen LogP contribution in [-0.2, 0) is 79.6 Å². The van der Waals surface area contributed by atoms with Crippen LogP contribution >= 0.6 is 0 Å². The summed E-state index contributed by atoms with van der Waals surface area (Å²) in [5, 5.41) is 0. The number of carbonyl (C=O) groups excluding carboxylic acids is 6. The summed E-state index contributed by atoms with van der Waals surface area (Å²) >= 11 is 0. The molecule has 12 bridgehead atoms. The molecule has 12 fully saturated rings. The number of rotatable bonds is 29. The predicted octanol–water partition coefficient (Wildman–Crippen LogP) is 15.3. The molecule has 0 radical (unpaired) electrons. The number of unbranched alkanes of at least 4 members (excludes halogenated alkanes) is 4. The molecule has 0 amide bonds. The molecule has 0 aromatic heterocycles. The van der Waals surface area contributed by atoms with Crippen LogP contribution in [0.15, 0.2) is 91.0 Å². The van der Waals surface area contributed by atoms with Crippen LogP contribution in [0.1, 0.15) is 209 Å². The van der Waals surface area contributed by atoms with Gasteiger partial charge >= 0.3 is 23.9 Å². The van der Waals surface area contributed by atoms with Gasteiger partial charge in [0.15, 0.2) is 0 Å². The standard InChI is InChI=1S/C76H92O14/c1-3-5-7-9-66(87-61-18-11-48(12-19-61)44-83-70(79)68(77)75-38-54-28-55(39-75)30-56(29-54)40-75)88-62-22-15-50(16-23-62)46-85-72(81)73(82)86-47-60-17-24-64(34-65(60)74-35-51-25-52(36-74)27-53(26-51)37-74)90-67(10-8-6-4-2)89-63-20-13-49(14-21-63)45-84-71(80)69(78)76-41-57-31-58(42-76)33-59(32-57)43-76/h11-24,34,51-59,66-67H,3-10,25-33,35-47H2,1-2H3. The number of carbonyl (C=O) groups is 6. The van der Waals surface area contributed by atoms with Gasteiger partial charge in [-0.2, -0.15) is 0 Å². The third-order valence-electron chi connectivity index (χ3n) is 22.7. The average molecular weight is 1230 g/mol. The highest BCUT2D eigenvalue weighted by Gasteiger charge is 2.58. The van der Waals surface area contributed by atoms with Gasteiger partial charge in [-0.25, -0.2) is 19.2 Å². The Morgan fingerprint density at radius 2 is 0.667 bits per heavy atom. The molecule has 12 saturated carbocycles. The lowest BCUT2D eigenvalue weighted by atomic mass is 9.47. The van der Waals surface area contributed by atoms with Crippen LogP contribution in [0.3, 0.4) is 0 Å². The molecule has 14 nitrogen and oxygen atoms in total. The summed E-state index contributed by atoms with van der Waals surface area (Å²) < 4.78 is 48.6. The molecule has 14 heteroatoms. The molecule has 4 aromatic carbocycles. The van der Waals surface area contributed by atoms with Gasteiger partial charge in [-0.1, -0.05) is 82.0 Å². The first-order valence-electron chi connectivity index (χ1n) is 34.5. The lowest BCUT2D eigenvalue weighted by molar-refractivity contribution is -0.169. The lowest BCUT2D eigenvalue weighted by Crippen LogP contribution is -2.52. The summed E-state index contributed by atoms with van der Waals surface area (Å²) in [6, 6.07) is 27.9. The predicted molar refractivity (Wildman–Crippen MR) is 334 cm³/mol. The van der Waals surface area contributed by atoms with Crippen LogP contribution in [0.25, 0.3) is 0 Å². The summed E-state index contributed by atoms with van der Waals surface area (Å²) in [5.74, 6) is 3.57. The van der Waals surface area contributed by atoms with Gasteiger partial charge in [0, 0.05) is 23.7 Å². The Bertz CT molecular complexity index is 3130. The van der Waals surface area contributed by atoms with E-state index in [1.165, 1.54) is 57.8 Å². The maximum Gasteiger partial charge on any atom is 0.417 e. The molecular formula is C76H92O14. The topological polar surface area (TPSA) is 176 Å². The van der Waals surface area contributed by atoms with Crippen molar-refractivity contribution in [2.75, 3.05) is 0 Å². The number of hydrogen-bond donors (Lipinski definition) is 0. The van der Waals surface area contributed by atoms with Crippen molar-refractivity contribution in [2.24, 2.45) is 64.1 Å². The van der Waals surface area contributed by atoms with Gasteiger partial charge in [-0.05, 0) is 263 Å². The highest BCUT2D eigenvalue weighted by Crippen LogP contribution is 2.63. The fourth-order valence-electron chi connectivity index (χ4n) is 19.7. The van der Waals surface area contributed by atoms with Crippen molar-refractivity contribution < 1.29 is 66.7 Å². The van der Waals surface area contributed by atoms with Gasteiger partial charge in [0.1, 0.15) is 49.4 Å². The fourth-order valence-corrected chi connectivity index (χ4v) is 19.7. The smallest absolute Gasteiger partial charge is 0.417 e. The molecule has 0 saturated heterocycles. The van der Waals surface area contributed by atoms with Crippen molar-refractivity contribution in [3.05, 3.63) is 119 Å². The van der Waals surface area contributed by atoms with E-state index in [4.69, 9.17) is 37.9 Å². The van der Waals surface area contributed by atoms with E-state index in [9.17, 15) is 28.8 Å². The number of ether oxygens (including phenoxy) is 8. The molecule has 2 atom stereocenters. The fraction of sp³-hybridized carbons (Fsp3) is 0.605. The maximum absolute atomic E-state index is 13.6. The lowest BCUT2D eigenvalue weighted by Gasteiger charge is -2.57. The first-order valence-corrected chi connectivity index (χ1v) is 34.5. The minimum Gasteiger partial charge on any atom is -0.455 e. The molecule has 4 aromatic rings. The second-order valence-electron chi connectivity index (χ2n) is 29.6. The van der Waals surface area contributed by atoms with Gasteiger partial charge in [0.25, 0.3) is 0 Å². The van der Waals surface area contributed by atoms with Crippen LogP contribution in [0.5, 0.6) is 23.0 Å². The van der Waals surface area contributed by atoms with Crippen LogP contribution in [0, 0.1) is 64.1 Å². The first-order chi connectivity index (χ1) is 43.7. The highest BCUT2D eigenvalue weighted by molar-refractivity contribution is 6.36. The Hall–Kier alpha value is -6.70. The van der Waals surface area contributed by atoms with Gasteiger partial charge < -0.3 is 37.9 Å². The summed E-state index contributed by atoms with van der Waals surface area (Å²) in [6.45, 7) is 4.11. The van der Waals surface area contributed by atoms with E-state index in [1.54, 1.807) is 24.3 Å². The summed E-state index contributed by atoms with van der Waals surface area (Å²) in [7, 11) is 0. The van der Waals surface area contributed by atoms with E-state index in [0.717, 1.165) is 119 Å². The first kappa shape index (κ1) is 62.1. The highest BCUT2D eigenvalue weighted by atomic mass is 16.7. The molecule has 2 unspecified atom stereocenters. The molecule has 0 spiro atoms. The van der Waals surface area contributed by atoms with E-state index in [1.807, 2.05) is 60.7 Å². The molecule has 480 valence electrons. The Morgan fingerprint density at radius 1 is 0.367 bits per heavy atom. The van der Waals surface area contributed by atoms with Gasteiger partial charge in [0.2, 0.25) is 24.1 Å². The number of benzene rings is 4. The van der Waals surface area contributed by atoms with Crippen LogP contribution in [0.4, 0.5) is 0 Å². The molecule has 0 aliphatic heterocycles. The number of esters is 4. The largest absolute Gasteiger partial charge is 0.455 e. The van der Waals surface area contributed by atoms with Crippen molar-refractivity contribution in [2.45, 2.75) is 225 Å². The van der Waals surface area contributed by atoms with E-state index in [0.29, 0.717) is 94.7 Å². The summed E-state index contributed by atoms with van der Waals surface area (Å²) in [5.41, 5.74) is 3.03. The Balaban J connectivity index is 0.598. The third-order valence-corrected chi connectivity index (χ3v) is 22.7. The normalized spacial score (nSPS) is 30.0. The molecular weight excluding hydrogens is 1140 g/mol. The van der Waals surface area contributed by atoms with E-state index in [2.05, 4.69) is 19.9 Å². The van der Waals surface area contributed by atoms with Gasteiger partial charge in [-0.15, -0.1) is 0 Å². The van der Waals surface area contributed by atoms with E-state index >= 15 is 0 Å². The van der Waals surface area contributed by atoms with Crippen molar-refractivity contribution in [3.63, 3.8) is 0 Å². The van der Waals surface area contributed by atoms with Crippen LogP contribution in [-0.4, -0.2) is 48.0 Å².